The van der Waals surface area contributed by atoms with E-state index in [0.29, 0.717) is 17.2 Å². The van der Waals surface area contributed by atoms with Crippen LogP contribution in [0.4, 0.5) is 16.3 Å². The van der Waals surface area contributed by atoms with Gasteiger partial charge in [0, 0.05) is 30.0 Å². The summed E-state index contributed by atoms with van der Waals surface area (Å²) in [4.78, 5) is 20.7. The number of aryl methyl sites for hydroxylation is 2. The zero-order valence-electron chi connectivity index (χ0n) is 14.8. The van der Waals surface area contributed by atoms with Crippen LogP contribution >= 0.6 is 15.9 Å². The summed E-state index contributed by atoms with van der Waals surface area (Å²) in [7, 11) is 0. The number of hydrogen-bond donors (Lipinski definition) is 2. The van der Waals surface area contributed by atoms with Gasteiger partial charge in [0.25, 0.3) is 0 Å². The van der Waals surface area contributed by atoms with Gasteiger partial charge in [-0.25, -0.2) is 14.8 Å². The highest BCUT2D eigenvalue weighted by Crippen LogP contribution is 2.14. The maximum atomic E-state index is 12.2. The monoisotopic (exact) mass is 436 g/mol. The summed E-state index contributed by atoms with van der Waals surface area (Å²) in [6.07, 6.45) is 6.24. The fourth-order valence-electron chi connectivity index (χ4n) is 2.76. The van der Waals surface area contributed by atoms with Crippen LogP contribution in [0.15, 0.2) is 71.6 Å². The molecule has 1 aromatic carbocycles. The molecule has 0 aliphatic heterocycles. The van der Waals surface area contributed by atoms with Gasteiger partial charge >= 0.3 is 6.03 Å². The predicted molar refractivity (Wildman–Crippen MR) is 112 cm³/mol. The van der Waals surface area contributed by atoms with Crippen molar-refractivity contribution < 1.29 is 4.79 Å². The quantitative estimate of drug-likeness (QED) is 0.482. The van der Waals surface area contributed by atoms with Gasteiger partial charge < -0.3 is 5.32 Å². The summed E-state index contributed by atoms with van der Waals surface area (Å²) in [6.45, 7) is 0.792. The summed E-state index contributed by atoms with van der Waals surface area (Å²) < 4.78 is 2.85. The molecular weight excluding hydrogens is 420 g/mol. The van der Waals surface area contributed by atoms with Crippen LogP contribution in [-0.4, -0.2) is 25.8 Å². The number of nitrogens with zero attached hydrogens (tertiary/aromatic N) is 4. The number of urea groups is 1. The van der Waals surface area contributed by atoms with Crippen molar-refractivity contribution in [1.82, 2.24) is 19.7 Å². The number of aromatic nitrogens is 4. The fraction of sp³-hybridized carbons (Fsp3) is 0.100. The Kier molecular flexibility index (Phi) is 5.29. The molecule has 4 aromatic rings. The number of hydrogen-bond acceptors (Lipinski definition) is 4. The molecule has 2 N–H and O–H groups in total. The van der Waals surface area contributed by atoms with E-state index < -0.39 is 0 Å². The largest absolute Gasteiger partial charge is 0.324 e. The highest BCUT2D eigenvalue weighted by molar-refractivity contribution is 9.10. The first-order chi connectivity index (χ1) is 13.7. The molecule has 140 valence electrons. The maximum absolute atomic E-state index is 12.2. The Balaban J connectivity index is 1.33. The minimum Gasteiger partial charge on any atom is -0.308 e. The number of rotatable bonds is 5. The Hall–Kier alpha value is -3.26. The highest BCUT2D eigenvalue weighted by Gasteiger charge is 2.05. The lowest BCUT2D eigenvalue weighted by molar-refractivity contribution is 0.262. The number of nitrogens with one attached hydrogen (secondary N) is 2. The van der Waals surface area contributed by atoms with E-state index in [9.17, 15) is 4.79 Å². The van der Waals surface area contributed by atoms with Crippen molar-refractivity contribution in [3.8, 4) is 0 Å². The number of halogens is 1. The van der Waals surface area contributed by atoms with Crippen molar-refractivity contribution in [3.05, 3.63) is 77.2 Å². The standard InChI is InChI=1S/C20H17BrN6O/c21-16-12-23-27(13-16)11-9-14-3-6-17(7-4-14)24-20(28)26-18-8-5-15-2-1-10-22-19(15)25-18/h1-8,10,12-13H,9,11H2,(H2,22,24,25,26,28). The van der Waals surface area contributed by atoms with Crippen LogP contribution in [0.3, 0.4) is 0 Å². The van der Waals surface area contributed by atoms with E-state index in [1.165, 1.54) is 5.56 Å². The molecular formula is C20H17BrN6O. The molecule has 3 heterocycles. The van der Waals surface area contributed by atoms with Gasteiger partial charge in [-0.15, -0.1) is 0 Å². The molecule has 0 unspecified atom stereocenters. The zero-order chi connectivity index (χ0) is 19.3. The molecule has 0 spiro atoms. The SMILES string of the molecule is O=C(Nc1ccc(CCn2cc(Br)cn2)cc1)Nc1ccc2cccnc2n1. The molecule has 0 radical (unpaired) electrons. The molecule has 0 aliphatic rings. The molecule has 3 aromatic heterocycles. The van der Waals surface area contributed by atoms with Crippen LogP contribution in [0.1, 0.15) is 5.56 Å². The van der Waals surface area contributed by atoms with Crippen molar-refractivity contribution >= 4 is 44.5 Å². The van der Waals surface area contributed by atoms with E-state index in [4.69, 9.17) is 0 Å². The molecule has 0 saturated heterocycles. The van der Waals surface area contributed by atoms with E-state index >= 15 is 0 Å². The molecule has 28 heavy (non-hydrogen) atoms. The Bertz CT molecular complexity index is 1110. The summed E-state index contributed by atoms with van der Waals surface area (Å²) in [6, 6.07) is 14.8. The third-order valence-corrected chi connectivity index (χ3v) is 4.56. The van der Waals surface area contributed by atoms with Gasteiger partial charge in [-0.3, -0.25) is 10.00 Å². The van der Waals surface area contributed by atoms with Crippen molar-refractivity contribution in [2.45, 2.75) is 13.0 Å². The van der Waals surface area contributed by atoms with Gasteiger partial charge in [0.05, 0.1) is 10.7 Å². The second-order valence-corrected chi connectivity index (χ2v) is 7.11. The predicted octanol–water partition coefficient (Wildman–Crippen LogP) is 4.48. The number of amides is 2. The Labute approximate surface area is 169 Å². The van der Waals surface area contributed by atoms with Crippen LogP contribution in [0.2, 0.25) is 0 Å². The summed E-state index contributed by atoms with van der Waals surface area (Å²) in [5, 5.41) is 10.7. The molecule has 7 nitrogen and oxygen atoms in total. The Morgan fingerprint density at radius 2 is 1.93 bits per heavy atom. The molecule has 8 heteroatoms. The van der Waals surface area contributed by atoms with Crippen molar-refractivity contribution in [2.75, 3.05) is 10.6 Å². The Morgan fingerprint density at radius 3 is 2.71 bits per heavy atom. The summed E-state index contributed by atoms with van der Waals surface area (Å²) in [5.41, 5.74) is 2.47. The van der Waals surface area contributed by atoms with Gasteiger partial charge in [-0.1, -0.05) is 12.1 Å². The van der Waals surface area contributed by atoms with E-state index in [-0.39, 0.29) is 6.03 Å². The van der Waals surface area contributed by atoms with Crippen molar-refractivity contribution in [1.29, 1.82) is 0 Å². The number of pyridine rings is 2. The molecule has 2 amide bonds. The van der Waals surface area contributed by atoms with Crippen LogP contribution in [0.5, 0.6) is 0 Å². The van der Waals surface area contributed by atoms with E-state index in [0.717, 1.165) is 22.8 Å². The average Bonchev–Trinajstić information content (AvgIpc) is 3.12. The minimum absolute atomic E-state index is 0.350. The number of carbonyl (C=O) groups is 1. The van der Waals surface area contributed by atoms with E-state index in [2.05, 4.69) is 41.6 Å². The first-order valence-electron chi connectivity index (χ1n) is 8.72. The van der Waals surface area contributed by atoms with E-state index in [1.54, 1.807) is 18.5 Å². The van der Waals surface area contributed by atoms with Crippen molar-refractivity contribution in [3.63, 3.8) is 0 Å². The van der Waals surface area contributed by atoms with Gasteiger partial charge in [0.1, 0.15) is 5.82 Å². The number of anilines is 2. The second-order valence-electron chi connectivity index (χ2n) is 6.19. The minimum atomic E-state index is -0.350. The highest BCUT2D eigenvalue weighted by atomic mass is 79.9. The van der Waals surface area contributed by atoms with Gasteiger partial charge in [0.15, 0.2) is 5.65 Å². The van der Waals surface area contributed by atoms with Gasteiger partial charge in [0.2, 0.25) is 0 Å². The summed E-state index contributed by atoms with van der Waals surface area (Å²) >= 11 is 3.39. The average molecular weight is 437 g/mol. The van der Waals surface area contributed by atoms with Crippen LogP contribution < -0.4 is 10.6 Å². The van der Waals surface area contributed by atoms with Crippen LogP contribution in [-0.2, 0) is 13.0 Å². The van der Waals surface area contributed by atoms with Crippen LogP contribution in [0.25, 0.3) is 11.0 Å². The number of fused-ring (bicyclic) bond motifs is 1. The smallest absolute Gasteiger partial charge is 0.308 e. The maximum Gasteiger partial charge on any atom is 0.324 e. The third-order valence-electron chi connectivity index (χ3n) is 4.15. The first-order valence-corrected chi connectivity index (χ1v) is 9.52. The molecule has 0 atom stereocenters. The lowest BCUT2D eigenvalue weighted by atomic mass is 10.1. The topological polar surface area (TPSA) is 84.7 Å². The lowest BCUT2D eigenvalue weighted by Gasteiger charge is -2.08. The third kappa shape index (κ3) is 4.52. The molecule has 0 fully saturated rings. The normalized spacial score (nSPS) is 10.8. The molecule has 0 aliphatic carbocycles. The fourth-order valence-corrected chi connectivity index (χ4v) is 3.09. The summed E-state index contributed by atoms with van der Waals surface area (Å²) in [5.74, 6) is 0.450. The van der Waals surface area contributed by atoms with Gasteiger partial charge in [-0.2, -0.15) is 5.10 Å². The van der Waals surface area contributed by atoms with Crippen LogP contribution in [0, 0.1) is 0 Å². The Morgan fingerprint density at radius 1 is 1.07 bits per heavy atom. The van der Waals surface area contributed by atoms with Crippen molar-refractivity contribution in [2.24, 2.45) is 0 Å². The first kappa shape index (κ1) is 18.1. The second kappa shape index (κ2) is 8.18. The lowest BCUT2D eigenvalue weighted by Crippen LogP contribution is -2.20. The molecule has 0 saturated carbocycles. The van der Waals surface area contributed by atoms with Gasteiger partial charge in [-0.05, 0) is 64.3 Å². The zero-order valence-corrected chi connectivity index (χ0v) is 16.4. The molecule has 0 bridgehead atoms. The molecule has 4 rings (SSSR count). The number of carbonyl (C=O) groups excluding carboxylic acids is 1. The van der Waals surface area contributed by atoms with E-state index in [1.807, 2.05) is 53.3 Å². The number of benzene rings is 1.